The first kappa shape index (κ1) is 13.5. The minimum absolute atomic E-state index is 0.294. The SMILES string of the molecule is CC(Nc1cccc2cccnc12)c1cccc(F)c1F. The highest BCUT2D eigenvalue weighted by Gasteiger charge is 2.15. The Bertz CT molecular complexity index is 781. The maximum absolute atomic E-state index is 13.8. The third-order valence-electron chi connectivity index (χ3n) is 3.45. The summed E-state index contributed by atoms with van der Waals surface area (Å²) in [4.78, 5) is 4.34. The number of benzene rings is 2. The molecule has 4 heteroatoms. The molecule has 0 fully saturated rings. The normalized spacial score (nSPS) is 12.3. The number of pyridine rings is 1. The predicted molar refractivity (Wildman–Crippen MR) is 80.1 cm³/mol. The molecule has 0 aliphatic heterocycles. The standard InChI is InChI=1S/C17H14F2N2/c1-11(13-7-3-8-14(18)16(13)19)21-15-9-2-5-12-6-4-10-20-17(12)15/h2-11,21H,1H3. The first-order chi connectivity index (χ1) is 10.2. The van der Waals surface area contributed by atoms with Crippen LogP contribution in [0.1, 0.15) is 18.5 Å². The van der Waals surface area contributed by atoms with Crippen LogP contribution in [0.25, 0.3) is 10.9 Å². The molecule has 3 rings (SSSR count). The van der Waals surface area contributed by atoms with Crippen LogP contribution in [0.5, 0.6) is 0 Å². The molecule has 1 atom stereocenters. The van der Waals surface area contributed by atoms with Crippen LogP contribution in [-0.2, 0) is 0 Å². The summed E-state index contributed by atoms with van der Waals surface area (Å²) >= 11 is 0. The van der Waals surface area contributed by atoms with Gasteiger partial charge in [0.05, 0.1) is 17.2 Å². The lowest BCUT2D eigenvalue weighted by molar-refractivity contribution is 0.495. The van der Waals surface area contributed by atoms with Gasteiger partial charge in [-0.05, 0) is 25.1 Å². The van der Waals surface area contributed by atoms with E-state index in [1.807, 2.05) is 30.3 Å². The Kier molecular flexibility index (Phi) is 3.52. The van der Waals surface area contributed by atoms with Crippen molar-refractivity contribution in [2.75, 3.05) is 5.32 Å². The second kappa shape index (κ2) is 5.48. The topological polar surface area (TPSA) is 24.9 Å². The molecule has 0 bridgehead atoms. The maximum atomic E-state index is 13.8. The lowest BCUT2D eigenvalue weighted by atomic mass is 10.1. The minimum atomic E-state index is -0.836. The zero-order valence-electron chi connectivity index (χ0n) is 11.5. The highest BCUT2D eigenvalue weighted by atomic mass is 19.2. The highest BCUT2D eigenvalue weighted by Crippen LogP contribution is 2.27. The van der Waals surface area contributed by atoms with E-state index in [1.54, 1.807) is 19.2 Å². The maximum Gasteiger partial charge on any atom is 0.164 e. The van der Waals surface area contributed by atoms with E-state index in [-0.39, 0.29) is 6.04 Å². The quantitative estimate of drug-likeness (QED) is 0.755. The van der Waals surface area contributed by atoms with E-state index in [1.165, 1.54) is 6.07 Å². The van der Waals surface area contributed by atoms with E-state index >= 15 is 0 Å². The number of hydrogen-bond acceptors (Lipinski definition) is 2. The fraction of sp³-hybridized carbons (Fsp3) is 0.118. The number of rotatable bonds is 3. The first-order valence-electron chi connectivity index (χ1n) is 6.71. The number of anilines is 1. The molecule has 1 unspecified atom stereocenters. The molecule has 1 heterocycles. The first-order valence-corrected chi connectivity index (χ1v) is 6.71. The van der Waals surface area contributed by atoms with Crippen molar-refractivity contribution in [1.82, 2.24) is 4.98 Å². The Morgan fingerprint density at radius 1 is 1.00 bits per heavy atom. The summed E-state index contributed by atoms with van der Waals surface area (Å²) in [7, 11) is 0. The van der Waals surface area contributed by atoms with Gasteiger partial charge in [0, 0.05) is 17.1 Å². The molecule has 106 valence electrons. The van der Waals surface area contributed by atoms with Crippen LogP contribution in [0.15, 0.2) is 54.7 Å². The number of nitrogens with one attached hydrogen (secondary N) is 1. The molecule has 21 heavy (non-hydrogen) atoms. The van der Waals surface area contributed by atoms with E-state index in [0.29, 0.717) is 5.56 Å². The van der Waals surface area contributed by atoms with E-state index in [4.69, 9.17) is 0 Å². The molecular weight excluding hydrogens is 270 g/mol. The summed E-state index contributed by atoms with van der Waals surface area (Å²) in [5, 5.41) is 4.19. The van der Waals surface area contributed by atoms with Crippen molar-refractivity contribution in [2.45, 2.75) is 13.0 Å². The van der Waals surface area contributed by atoms with Crippen LogP contribution in [-0.4, -0.2) is 4.98 Å². The van der Waals surface area contributed by atoms with Crippen molar-refractivity contribution in [1.29, 1.82) is 0 Å². The second-order valence-electron chi connectivity index (χ2n) is 4.89. The largest absolute Gasteiger partial charge is 0.377 e. The average Bonchev–Trinajstić information content (AvgIpc) is 2.50. The summed E-state index contributed by atoms with van der Waals surface area (Å²) in [6.07, 6.45) is 1.71. The smallest absolute Gasteiger partial charge is 0.164 e. The molecule has 1 N–H and O–H groups in total. The number of para-hydroxylation sites is 1. The third-order valence-corrected chi connectivity index (χ3v) is 3.45. The second-order valence-corrected chi connectivity index (χ2v) is 4.89. The molecule has 2 aromatic carbocycles. The predicted octanol–water partition coefficient (Wildman–Crippen LogP) is 4.69. The zero-order chi connectivity index (χ0) is 14.8. The van der Waals surface area contributed by atoms with Gasteiger partial charge in [-0.2, -0.15) is 0 Å². The lowest BCUT2D eigenvalue weighted by Gasteiger charge is -2.17. The summed E-state index contributed by atoms with van der Waals surface area (Å²) in [6, 6.07) is 13.4. The number of halogens is 2. The number of fused-ring (bicyclic) bond motifs is 1. The molecule has 0 amide bonds. The Morgan fingerprint density at radius 3 is 2.62 bits per heavy atom. The van der Waals surface area contributed by atoms with Gasteiger partial charge < -0.3 is 5.32 Å². The third kappa shape index (κ3) is 2.57. The van der Waals surface area contributed by atoms with E-state index in [0.717, 1.165) is 22.7 Å². The van der Waals surface area contributed by atoms with Crippen molar-refractivity contribution in [3.8, 4) is 0 Å². The van der Waals surface area contributed by atoms with Crippen LogP contribution >= 0.6 is 0 Å². The summed E-state index contributed by atoms with van der Waals surface area (Å²) in [6.45, 7) is 1.79. The average molecular weight is 284 g/mol. The van der Waals surface area contributed by atoms with Gasteiger partial charge in [0.25, 0.3) is 0 Å². The van der Waals surface area contributed by atoms with E-state index in [9.17, 15) is 8.78 Å². The summed E-state index contributed by atoms with van der Waals surface area (Å²) < 4.78 is 27.2. The Labute approximate surface area is 121 Å². The van der Waals surface area contributed by atoms with Crippen LogP contribution < -0.4 is 5.32 Å². The van der Waals surface area contributed by atoms with Crippen molar-refractivity contribution in [3.05, 3.63) is 71.9 Å². The molecule has 0 aliphatic rings. The number of hydrogen-bond donors (Lipinski definition) is 1. The molecular formula is C17H14F2N2. The minimum Gasteiger partial charge on any atom is -0.377 e. The molecule has 1 aromatic heterocycles. The van der Waals surface area contributed by atoms with Crippen LogP contribution in [0.4, 0.5) is 14.5 Å². The highest BCUT2D eigenvalue weighted by molar-refractivity contribution is 5.90. The van der Waals surface area contributed by atoms with Gasteiger partial charge in [0.2, 0.25) is 0 Å². The Hall–Kier alpha value is -2.49. The monoisotopic (exact) mass is 284 g/mol. The zero-order valence-corrected chi connectivity index (χ0v) is 11.5. The van der Waals surface area contributed by atoms with E-state index in [2.05, 4.69) is 10.3 Å². The van der Waals surface area contributed by atoms with Crippen LogP contribution in [0.2, 0.25) is 0 Å². The molecule has 0 saturated heterocycles. The van der Waals surface area contributed by atoms with Crippen molar-refractivity contribution in [2.24, 2.45) is 0 Å². The molecule has 0 spiro atoms. The van der Waals surface area contributed by atoms with Crippen molar-refractivity contribution >= 4 is 16.6 Å². The van der Waals surface area contributed by atoms with Gasteiger partial charge in [-0.3, -0.25) is 4.98 Å². The fourth-order valence-corrected chi connectivity index (χ4v) is 2.39. The van der Waals surface area contributed by atoms with E-state index < -0.39 is 11.6 Å². The molecule has 0 radical (unpaired) electrons. The van der Waals surface area contributed by atoms with Gasteiger partial charge in [-0.15, -0.1) is 0 Å². The number of aromatic nitrogens is 1. The molecule has 0 saturated carbocycles. The summed E-state index contributed by atoms with van der Waals surface area (Å²) in [5.74, 6) is -1.65. The Balaban J connectivity index is 1.97. The van der Waals surface area contributed by atoms with Gasteiger partial charge in [0.15, 0.2) is 11.6 Å². The fourth-order valence-electron chi connectivity index (χ4n) is 2.39. The van der Waals surface area contributed by atoms with Gasteiger partial charge in [0.1, 0.15) is 0 Å². The van der Waals surface area contributed by atoms with Gasteiger partial charge in [-0.25, -0.2) is 8.78 Å². The summed E-state index contributed by atoms with van der Waals surface area (Å²) in [5.41, 5.74) is 1.90. The van der Waals surface area contributed by atoms with Crippen LogP contribution in [0.3, 0.4) is 0 Å². The Morgan fingerprint density at radius 2 is 1.76 bits per heavy atom. The number of nitrogens with zero attached hydrogens (tertiary/aromatic N) is 1. The van der Waals surface area contributed by atoms with Crippen LogP contribution in [0, 0.1) is 11.6 Å². The van der Waals surface area contributed by atoms with Gasteiger partial charge in [-0.1, -0.05) is 30.3 Å². The van der Waals surface area contributed by atoms with Crippen molar-refractivity contribution in [3.63, 3.8) is 0 Å². The molecule has 0 aliphatic carbocycles. The molecule has 2 nitrogen and oxygen atoms in total. The lowest BCUT2D eigenvalue weighted by Crippen LogP contribution is -2.10. The molecule has 3 aromatic rings. The van der Waals surface area contributed by atoms with Gasteiger partial charge >= 0.3 is 0 Å². The van der Waals surface area contributed by atoms with Crippen molar-refractivity contribution < 1.29 is 8.78 Å².